The van der Waals surface area contributed by atoms with Crippen molar-refractivity contribution in [3.05, 3.63) is 95.3 Å². The minimum atomic E-state index is -0.222. The SMILES string of the molecule is CCOc1cccc(CNCc2ccc(F)cc2)c1OCc1ccccc1.Cl. The molecule has 0 spiro atoms. The van der Waals surface area contributed by atoms with E-state index in [9.17, 15) is 4.39 Å². The first-order valence-corrected chi connectivity index (χ1v) is 9.13. The van der Waals surface area contributed by atoms with Crippen molar-refractivity contribution in [2.75, 3.05) is 6.61 Å². The normalized spacial score (nSPS) is 10.2. The van der Waals surface area contributed by atoms with Crippen molar-refractivity contribution >= 4 is 12.4 Å². The van der Waals surface area contributed by atoms with Crippen molar-refractivity contribution in [2.24, 2.45) is 0 Å². The van der Waals surface area contributed by atoms with Crippen LogP contribution >= 0.6 is 12.4 Å². The maximum absolute atomic E-state index is 13.0. The number of rotatable bonds is 9. The molecule has 28 heavy (non-hydrogen) atoms. The van der Waals surface area contributed by atoms with Crippen molar-refractivity contribution in [3.8, 4) is 11.5 Å². The smallest absolute Gasteiger partial charge is 0.166 e. The molecule has 0 unspecified atom stereocenters. The molecule has 0 radical (unpaired) electrons. The van der Waals surface area contributed by atoms with Gasteiger partial charge in [-0.25, -0.2) is 4.39 Å². The standard InChI is InChI=1S/C23H24FNO2.ClH/c1-2-26-22-10-6-9-20(16-25-15-18-11-13-21(24)14-12-18)23(22)27-17-19-7-4-3-5-8-19;/h3-14,25H,2,15-17H2,1H3;1H. The number of benzene rings is 3. The van der Waals surface area contributed by atoms with E-state index in [1.807, 2.05) is 55.5 Å². The molecule has 3 rings (SSSR count). The maximum atomic E-state index is 13.0. The van der Waals surface area contributed by atoms with Crippen LogP contribution in [0.4, 0.5) is 4.39 Å². The third-order valence-electron chi connectivity index (χ3n) is 4.14. The highest BCUT2D eigenvalue weighted by Gasteiger charge is 2.11. The summed E-state index contributed by atoms with van der Waals surface area (Å²) in [5.41, 5.74) is 3.16. The Morgan fingerprint density at radius 2 is 1.54 bits per heavy atom. The first kappa shape index (κ1) is 21.7. The molecule has 0 aliphatic carbocycles. The molecule has 0 atom stereocenters. The molecular formula is C23H25ClFNO2. The predicted octanol–water partition coefficient (Wildman–Crippen LogP) is 5.52. The van der Waals surface area contributed by atoms with Gasteiger partial charge >= 0.3 is 0 Å². The zero-order valence-electron chi connectivity index (χ0n) is 15.9. The van der Waals surface area contributed by atoms with E-state index in [1.54, 1.807) is 12.1 Å². The topological polar surface area (TPSA) is 30.5 Å². The highest BCUT2D eigenvalue weighted by Crippen LogP contribution is 2.32. The Hall–Kier alpha value is -2.56. The molecule has 1 N–H and O–H groups in total. The minimum Gasteiger partial charge on any atom is -0.490 e. The van der Waals surface area contributed by atoms with Crippen molar-refractivity contribution < 1.29 is 13.9 Å². The van der Waals surface area contributed by atoms with E-state index in [2.05, 4.69) is 5.32 Å². The molecule has 0 aliphatic heterocycles. The quantitative estimate of drug-likeness (QED) is 0.512. The van der Waals surface area contributed by atoms with Crippen LogP contribution in [0.5, 0.6) is 11.5 Å². The second-order valence-electron chi connectivity index (χ2n) is 6.18. The largest absolute Gasteiger partial charge is 0.490 e. The fourth-order valence-corrected chi connectivity index (χ4v) is 2.81. The summed E-state index contributed by atoms with van der Waals surface area (Å²) in [7, 11) is 0. The van der Waals surface area contributed by atoms with Gasteiger partial charge in [0.05, 0.1) is 6.61 Å². The molecule has 5 heteroatoms. The van der Waals surface area contributed by atoms with Gasteiger partial charge in [-0.1, -0.05) is 54.6 Å². The molecule has 0 aromatic heterocycles. The summed E-state index contributed by atoms with van der Waals surface area (Å²) in [6.45, 7) is 4.30. The predicted molar refractivity (Wildman–Crippen MR) is 113 cm³/mol. The molecule has 0 bridgehead atoms. The average molecular weight is 402 g/mol. The van der Waals surface area contributed by atoms with E-state index in [4.69, 9.17) is 9.47 Å². The van der Waals surface area contributed by atoms with E-state index in [0.717, 1.165) is 28.2 Å². The van der Waals surface area contributed by atoms with Gasteiger partial charge in [0.25, 0.3) is 0 Å². The molecule has 0 saturated heterocycles. The van der Waals surface area contributed by atoms with E-state index in [0.29, 0.717) is 26.3 Å². The molecule has 3 aromatic rings. The fraction of sp³-hybridized carbons (Fsp3) is 0.217. The Bertz CT molecular complexity index is 841. The second kappa shape index (κ2) is 11.3. The highest BCUT2D eigenvalue weighted by molar-refractivity contribution is 5.85. The van der Waals surface area contributed by atoms with Gasteiger partial charge in [-0.15, -0.1) is 12.4 Å². The number of halogens is 2. The van der Waals surface area contributed by atoms with Crippen LogP contribution in [0.15, 0.2) is 72.8 Å². The summed E-state index contributed by atoms with van der Waals surface area (Å²) in [6, 6.07) is 22.5. The van der Waals surface area contributed by atoms with E-state index >= 15 is 0 Å². The van der Waals surface area contributed by atoms with Crippen LogP contribution in [-0.2, 0) is 19.7 Å². The van der Waals surface area contributed by atoms with Gasteiger partial charge in [0.1, 0.15) is 12.4 Å². The molecule has 3 nitrogen and oxygen atoms in total. The summed E-state index contributed by atoms with van der Waals surface area (Å²) in [5, 5.41) is 3.39. The lowest BCUT2D eigenvalue weighted by atomic mass is 10.1. The van der Waals surface area contributed by atoms with Crippen molar-refractivity contribution in [1.82, 2.24) is 5.32 Å². The summed E-state index contributed by atoms with van der Waals surface area (Å²) in [5.74, 6) is 1.28. The third-order valence-corrected chi connectivity index (χ3v) is 4.14. The van der Waals surface area contributed by atoms with Crippen molar-refractivity contribution in [2.45, 2.75) is 26.6 Å². The minimum absolute atomic E-state index is 0. The number of hydrogen-bond donors (Lipinski definition) is 1. The second-order valence-corrected chi connectivity index (χ2v) is 6.18. The van der Waals surface area contributed by atoms with E-state index in [-0.39, 0.29) is 18.2 Å². The van der Waals surface area contributed by atoms with Crippen LogP contribution in [0.1, 0.15) is 23.6 Å². The van der Waals surface area contributed by atoms with Crippen LogP contribution in [0, 0.1) is 5.82 Å². The monoisotopic (exact) mass is 401 g/mol. The molecule has 0 heterocycles. The highest BCUT2D eigenvalue weighted by atomic mass is 35.5. The van der Waals surface area contributed by atoms with Gasteiger partial charge in [0.2, 0.25) is 0 Å². The van der Waals surface area contributed by atoms with Gasteiger partial charge < -0.3 is 14.8 Å². The molecule has 3 aromatic carbocycles. The molecule has 0 fully saturated rings. The Morgan fingerprint density at radius 1 is 0.786 bits per heavy atom. The maximum Gasteiger partial charge on any atom is 0.166 e. The summed E-state index contributed by atoms with van der Waals surface area (Å²) in [6.07, 6.45) is 0. The van der Waals surface area contributed by atoms with Gasteiger partial charge in [0.15, 0.2) is 11.5 Å². The Balaban J connectivity index is 0.00000280. The average Bonchev–Trinajstić information content (AvgIpc) is 2.70. The van der Waals surface area contributed by atoms with Crippen LogP contribution in [-0.4, -0.2) is 6.61 Å². The first-order chi connectivity index (χ1) is 13.3. The Labute approximate surface area is 171 Å². The van der Waals surface area contributed by atoms with Gasteiger partial charge in [-0.3, -0.25) is 0 Å². The van der Waals surface area contributed by atoms with Crippen LogP contribution in [0.3, 0.4) is 0 Å². The molecule has 0 amide bonds. The summed E-state index contributed by atoms with van der Waals surface area (Å²) in [4.78, 5) is 0. The molecule has 148 valence electrons. The zero-order chi connectivity index (χ0) is 18.9. The number of nitrogens with one attached hydrogen (secondary N) is 1. The lowest BCUT2D eigenvalue weighted by molar-refractivity contribution is 0.266. The van der Waals surface area contributed by atoms with Gasteiger partial charge in [-0.2, -0.15) is 0 Å². The molecule has 0 saturated carbocycles. The third kappa shape index (κ3) is 6.25. The van der Waals surface area contributed by atoms with Crippen molar-refractivity contribution in [1.29, 1.82) is 0 Å². The van der Waals surface area contributed by atoms with E-state index in [1.165, 1.54) is 12.1 Å². The number of ether oxygens (including phenoxy) is 2. The Morgan fingerprint density at radius 3 is 2.25 bits per heavy atom. The summed E-state index contributed by atoms with van der Waals surface area (Å²) < 4.78 is 24.9. The first-order valence-electron chi connectivity index (χ1n) is 9.13. The lowest BCUT2D eigenvalue weighted by Crippen LogP contribution is -2.14. The van der Waals surface area contributed by atoms with Gasteiger partial charge in [0, 0.05) is 18.7 Å². The summed E-state index contributed by atoms with van der Waals surface area (Å²) >= 11 is 0. The van der Waals surface area contributed by atoms with Crippen LogP contribution in [0.2, 0.25) is 0 Å². The van der Waals surface area contributed by atoms with Gasteiger partial charge in [-0.05, 0) is 36.2 Å². The number of para-hydroxylation sites is 1. The lowest BCUT2D eigenvalue weighted by Gasteiger charge is -2.16. The number of hydrogen-bond acceptors (Lipinski definition) is 3. The Kier molecular flexibility index (Phi) is 8.79. The van der Waals surface area contributed by atoms with Crippen LogP contribution < -0.4 is 14.8 Å². The van der Waals surface area contributed by atoms with Crippen molar-refractivity contribution in [3.63, 3.8) is 0 Å². The van der Waals surface area contributed by atoms with E-state index < -0.39 is 0 Å². The molecular weight excluding hydrogens is 377 g/mol. The molecule has 0 aliphatic rings. The van der Waals surface area contributed by atoms with Crippen LogP contribution in [0.25, 0.3) is 0 Å². The fourth-order valence-electron chi connectivity index (χ4n) is 2.81. The zero-order valence-corrected chi connectivity index (χ0v) is 16.7.